The summed E-state index contributed by atoms with van der Waals surface area (Å²) in [7, 11) is 0. The highest BCUT2D eigenvalue weighted by Crippen LogP contribution is 2.22. The summed E-state index contributed by atoms with van der Waals surface area (Å²) in [5.74, 6) is 0.0234. The van der Waals surface area contributed by atoms with E-state index in [4.69, 9.17) is 0 Å². The highest BCUT2D eigenvalue weighted by atomic mass is 127. The molecule has 2 nitrogen and oxygen atoms in total. The Morgan fingerprint density at radius 3 is 2.29 bits per heavy atom. The molecular weight excluding hydrogens is 325 g/mol. The molecule has 94 valence electrons. The number of hydrogen-bond acceptors (Lipinski definition) is 1. The number of carbonyl (C=O) groups is 1. The van der Waals surface area contributed by atoms with Crippen molar-refractivity contribution >= 4 is 28.5 Å². The lowest BCUT2D eigenvalue weighted by atomic mass is 9.87. The molecule has 0 unspecified atom stereocenters. The number of carbonyl (C=O) groups excluding carboxylic acids is 1. The molecule has 1 rings (SSSR count). The molecule has 0 radical (unpaired) electrons. The van der Waals surface area contributed by atoms with Crippen LogP contribution in [0, 0.1) is 0 Å². The number of halogens is 1. The molecule has 0 bridgehead atoms. The van der Waals surface area contributed by atoms with Crippen LogP contribution in [-0.4, -0.2) is 16.9 Å². The molecule has 0 saturated heterocycles. The summed E-state index contributed by atoms with van der Waals surface area (Å²) in [6, 6.07) is 7.88. The van der Waals surface area contributed by atoms with Crippen molar-refractivity contribution < 1.29 is 4.79 Å². The van der Waals surface area contributed by atoms with Gasteiger partial charge in [-0.15, -0.1) is 0 Å². The van der Waals surface area contributed by atoms with Gasteiger partial charge in [0.05, 0.1) is 0 Å². The maximum absolute atomic E-state index is 11.8. The summed E-state index contributed by atoms with van der Waals surface area (Å²) in [5, 5.41) is 2.91. The van der Waals surface area contributed by atoms with Crippen LogP contribution in [0.25, 0.3) is 0 Å². The molecule has 1 amide bonds. The van der Waals surface area contributed by atoms with Crippen LogP contribution >= 0.6 is 22.6 Å². The van der Waals surface area contributed by atoms with E-state index in [1.54, 1.807) is 0 Å². The summed E-state index contributed by atoms with van der Waals surface area (Å²) in [6.07, 6.45) is 1.02. The van der Waals surface area contributed by atoms with Crippen LogP contribution in [0.2, 0.25) is 0 Å². The SMILES string of the molecule is CC(C)(C)c1ccc(C(=O)NCCCI)cc1. The highest BCUT2D eigenvalue weighted by molar-refractivity contribution is 14.1. The first kappa shape index (κ1) is 14.5. The van der Waals surface area contributed by atoms with E-state index in [1.165, 1.54) is 5.56 Å². The van der Waals surface area contributed by atoms with E-state index in [0.717, 1.165) is 23.0 Å². The summed E-state index contributed by atoms with van der Waals surface area (Å²) >= 11 is 2.31. The maximum Gasteiger partial charge on any atom is 0.251 e. The fraction of sp³-hybridized carbons (Fsp3) is 0.500. The summed E-state index contributed by atoms with van der Waals surface area (Å²) in [4.78, 5) is 11.8. The lowest BCUT2D eigenvalue weighted by molar-refractivity contribution is 0.0954. The fourth-order valence-corrected chi connectivity index (χ4v) is 1.87. The van der Waals surface area contributed by atoms with E-state index in [0.29, 0.717) is 0 Å². The van der Waals surface area contributed by atoms with Gasteiger partial charge in [0, 0.05) is 16.5 Å². The van der Waals surface area contributed by atoms with Crippen LogP contribution in [0.15, 0.2) is 24.3 Å². The van der Waals surface area contributed by atoms with Gasteiger partial charge in [0.25, 0.3) is 5.91 Å². The van der Waals surface area contributed by atoms with Crippen LogP contribution in [0.5, 0.6) is 0 Å². The summed E-state index contributed by atoms with van der Waals surface area (Å²) in [5.41, 5.74) is 2.13. The third-order valence-corrected chi connectivity index (χ3v) is 3.37. The van der Waals surface area contributed by atoms with Gasteiger partial charge in [-0.05, 0) is 29.5 Å². The molecule has 0 atom stereocenters. The molecule has 0 aliphatic rings. The smallest absolute Gasteiger partial charge is 0.251 e. The third-order valence-electron chi connectivity index (χ3n) is 2.61. The number of rotatable bonds is 4. The standard InChI is InChI=1S/C14H20INO/c1-14(2,3)12-7-5-11(6-8-12)13(17)16-10-4-9-15/h5-8H,4,9-10H2,1-3H3,(H,16,17). The molecular formula is C14H20INO. The zero-order chi connectivity index (χ0) is 12.9. The Hall–Kier alpha value is -0.580. The zero-order valence-electron chi connectivity index (χ0n) is 10.7. The van der Waals surface area contributed by atoms with Gasteiger partial charge in [-0.2, -0.15) is 0 Å². The second kappa shape index (κ2) is 6.38. The Bertz CT molecular complexity index is 365. The number of nitrogens with one attached hydrogen (secondary N) is 1. The first-order chi connectivity index (χ1) is 7.95. The minimum absolute atomic E-state index is 0.0234. The van der Waals surface area contributed by atoms with Gasteiger partial charge in [-0.3, -0.25) is 4.79 Å². The molecule has 0 aliphatic carbocycles. The maximum atomic E-state index is 11.8. The Morgan fingerprint density at radius 2 is 1.82 bits per heavy atom. The topological polar surface area (TPSA) is 29.1 Å². The van der Waals surface area contributed by atoms with Gasteiger partial charge in [0.1, 0.15) is 0 Å². The van der Waals surface area contributed by atoms with Crippen molar-refractivity contribution in [3.8, 4) is 0 Å². The van der Waals surface area contributed by atoms with Crippen LogP contribution in [0.1, 0.15) is 43.1 Å². The molecule has 0 fully saturated rings. The highest BCUT2D eigenvalue weighted by Gasteiger charge is 2.13. The van der Waals surface area contributed by atoms with Gasteiger partial charge in [0.2, 0.25) is 0 Å². The predicted molar refractivity (Wildman–Crippen MR) is 81.0 cm³/mol. The quantitative estimate of drug-likeness (QED) is 0.505. The van der Waals surface area contributed by atoms with Crippen LogP contribution in [-0.2, 0) is 5.41 Å². The van der Waals surface area contributed by atoms with Crippen molar-refractivity contribution in [3.63, 3.8) is 0 Å². The zero-order valence-corrected chi connectivity index (χ0v) is 12.9. The first-order valence-corrected chi connectivity index (χ1v) is 7.42. The van der Waals surface area contributed by atoms with Crippen molar-refractivity contribution in [2.75, 3.05) is 11.0 Å². The lowest BCUT2D eigenvalue weighted by Gasteiger charge is -2.19. The largest absolute Gasteiger partial charge is 0.352 e. The molecule has 1 aromatic carbocycles. The minimum atomic E-state index is 0.0234. The number of alkyl halides is 1. The Kier molecular flexibility index (Phi) is 5.43. The van der Waals surface area contributed by atoms with Crippen LogP contribution in [0.3, 0.4) is 0 Å². The summed E-state index contributed by atoms with van der Waals surface area (Å²) < 4.78 is 1.07. The van der Waals surface area contributed by atoms with E-state index in [1.807, 2.05) is 24.3 Å². The molecule has 0 saturated carbocycles. The monoisotopic (exact) mass is 345 g/mol. The predicted octanol–water partition coefficient (Wildman–Crippen LogP) is 3.54. The normalized spacial score (nSPS) is 11.3. The van der Waals surface area contributed by atoms with E-state index in [2.05, 4.69) is 48.7 Å². The second-order valence-electron chi connectivity index (χ2n) is 5.13. The van der Waals surface area contributed by atoms with Gasteiger partial charge < -0.3 is 5.32 Å². The number of amides is 1. The van der Waals surface area contributed by atoms with Crippen molar-refractivity contribution in [3.05, 3.63) is 35.4 Å². The van der Waals surface area contributed by atoms with Crippen molar-refractivity contribution in [1.29, 1.82) is 0 Å². The van der Waals surface area contributed by atoms with Gasteiger partial charge in [-0.25, -0.2) is 0 Å². The Balaban J connectivity index is 2.64. The average Bonchev–Trinajstić information content (AvgIpc) is 2.28. The van der Waals surface area contributed by atoms with Gasteiger partial charge in [-0.1, -0.05) is 55.5 Å². The van der Waals surface area contributed by atoms with E-state index in [9.17, 15) is 4.79 Å². The molecule has 0 heterocycles. The Morgan fingerprint density at radius 1 is 1.24 bits per heavy atom. The number of benzene rings is 1. The first-order valence-electron chi connectivity index (χ1n) is 5.90. The third kappa shape index (κ3) is 4.66. The van der Waals surface area contributed by atoms with Gasteiger partial charge in [0.15, 0.2) is 0 Å². The van der Waals surface area contributed by atoms with Crippen LogP contribution in [0.4, 0.5) is 0 Å². The minimum Gasteiger partial charge on any atom is -0.352 e. The molecule has 0 aromatic heterocycles. The lowest BCUT2D eigenvalue weighted by Crippen LogP contribution is -2.24. The molecule has 17 heavy (non-hydrogen) atoms. The van der Waals surface area contributed by atoms with Gasteiger partial charge >= 0.3 is 0 Å². The second-order valence-corrected chi connectivity index (χ2v) is 6.20. The van der Waals surface area contributed by atoms with Crippen molar-refractivity contribution in [2.24, 2.45) is 0 Å². The fourth-order valence-electron chi connectivity index (χ4n) is 1.49. The number of hydrogen-bond donors (Lipinski definition) is 1. The van der Waals surface area contributed by atoms with E-state index in [-0.39, 0.29) is 11.3 Å². The molecule has 0 aliphatic heterocycles. The van der Waals surface area contributed by atoms with Crippen molar-refractivity contribution in [1.82, 2.24) is 5.32 Å². The Labute approximate surface area is 117 Å². The molecule has 0 spiro atoms. The van der Waals surface area contributed by atoms with E-state index < -0.39 is 0 Å². The van der Waals surface area contributed by atoms with Crippen molar-refractivity contribution in [2.45, 2.75) is 32.6 Å². The van der Waals surface area contributed by atoms with E-state index >= 15 is 0 Å². The average molecular weight is 345 g/mol. The molecule has 1 N–H and O–H groups in total. The summed E-state index contributed by atoms with van der Waals surface area (Å²) in [6.45, 7) is 7.26. The molecule has 1 aromatic rings. The van der Waals surface area contributed by atoms with Crippen LogP contribution < -0.4 is 5.32 Å². The molecule has 3 heteroatoms.